The van der Waals surface area contributed by atoms with Crippen molar-refractivity contribution < 1.29 is 9.53 Å². The monoisotopic (exact) mass is 530 g/mol. The minimum Gasteiger partial charge on any atom is -0.495 e. The van der Waals surface area contributed by atoms with Gasteiger partial charge in [0.25, 0.3) is 0 Å². The Kier molecular flexibility index (Phi) is 14.8. The molecule has 37 heavy (non-hydrogen) atoms. The quantitative estimate of drug-likeness (QED) is 0.454. The number of rotatable bonds is 6. The lowest BCUT2D eigenvalue weighted by Gasteiger charge is -2.34. The van der Waals surface area contributed by atoms with Gasteiger partial charge in [-0.3, -0.25) is 0 Å². The zero-order valence-electron chi connectivity index (χ0n) is 23.3. The van der Waals surface area contributed by atoms with Crippen LogP contribution in [0.1, 0.15) is 33.3 Å². The van der Waals surface area contributed by atoms with Gasteiger partial charge in [-0.1, -0.05) is 57.5 Å². The number of halogens is 1. The average molecular weight is 531 g/mol. The van der Waals surface area contributed by atoms with Gasteiger partial charge in [0.15, 0.2) is 6.29 Å². The van der Waals surface area contributed by atoms with E-state index in [9.17, 15) is 0 Å². The van der Waals surface area contributed by atoms with Crippen molar-refractivity contribution in [2.75, 3.05) is 55.9 Å². The number of likely N-dealkylation sites (N-methyl/N-ethyl adjacent to an activating group) is 1. The number of para-hydroxylation sites is 1. The molecule has 2 aromatic rings. The van der Waals surface area contributed by atoms with Crippen molar-refractivity contribution in [3.05, 3.63) is 58.9 Å². The predicted molar refractivity (Wildman–Crippen MR) is 159 cm³/mol. The van der Waals surface area contributed by atoms with Crippen LogP contribution >= 0.6 is 11.6 Å². The fraction of sp³-hybridized carbons (Fsp3) is 0.429. The maximum atomic E-state index is 8.00. The van der Waals surface area contributed by atoms with Gasteiger partial charge in [-0.15, -0.1) is 0 Å². The molecule has 2 aromatic carbocycles. The molecule has 2 aliphatic rings. The number of nitrogens with zero attached hydrogens (tertiary/aromatic N) is 3. The van der Waals surface area contributed by atoms with E-state index in [4.69, 9.17) is 21.1 Å². The molecule has 1 fully saturated rings. The van der Waals surface area contributed by atoms with Crippen molar-refractivity contribution >= 4 is 41.7 Å². The molecule has 2 heterocycles. The number of ether oxygens (including phenoxy) is 1. The Morgan fingerprint density at radius 3 is 2.30 bits per heavy atom. The molecule has 1 saturated heterocycles. The van der Waals surface area contributed by atoms with Crippen LogP contribution in [0.5, 0.6) is 5.75 Å². The van der Waals surface area contributed by atoms with Gasteiger partial charge >= 0.3 is 0 Å². The lowest BCUT2D eigenvalue weighted by molar-refractivity contribution is -0.0979. The summed E-state index contributed by atoms with van der Waals surface area (Å²) in [6.07, 6.45) is 1.28. The van der Waals surface area contributed by atoms with Gasteiger partial charge in [-0.2, -0.15) is 0 Å². The van der Waals surface area contributed by atoms with Crippen LogP contribution in [0.2, 0.25) is 0 Å². The molecule has 0 aromatic heterocycles. The number of hydrogen-bond donors (Lipinski definition) is 3. The van der Waals surface area contributed by atoms with Gasteiger partial charge in [-0.05, 0) is 37.7 Å². The first-order chi connectivity index (χ1) is 18.0. The minimum atomic E-state index is -0.377. The number of methoxy groups -OCH3 is 1. The van der Waals surface area contributed by atoms with E-state index in [1.54, 1.807) is 13.3 Å². The van der Waals surface area contributed by atoms with Gasteiger partial charge in [0.2, 0.25) is 0 Å². The van der Waals surface area contributed by atoms with Crippen LogP contribution in [0, 0.1) is 6.92 Å². The lowest BCUT2D eigenvalue weighted by Crippen LogP contribution is -2.44. The summed E-state index contributed by atoms with van der Waals surface area (Å²) in [6.45, 7) is 16.2. The molecule has 204 valence electrons. The van der Waals surface area contributed by atoms with E-state index in [-0.39, 0.29) is 6.29 Å². The van der Waals surface area contributed by atoms with Gasteiger partial charge in [0.05, 0.1) is 17.8 Å². The molecule has 9 heteroatoms. The van der Waals surface area contributed by atoms with E-state index < -0.39 is 0 Å². The Balaban J connectivity index is 0.00000106. The van der Waals surface area contributed by atoms with Crippen LogP contribution in [-0.4, -0.2) is 64.5 Å². The van der Waals surface area contributed by atoms with E-state index in [1.807, 2.05) is 58.7 Å². The van der Waals surface area contributed by atoms with Crippen molar-refractivity contribution in [1.82, 2.24) is 10.2 Å². The molecule has 8 nitrogen and oxygen atoms in total. The fourth-order valence-electron chi connectivity index (χ4n) is 3.67. The largest absolute Gasteiger partial charge is 0.495 e. The van der Waals surface area contributed by atoms with Crippen molar-refractivity contribution in [3.8, 4) is 5.75 Å². The highest BCUT2D eigenvalue weighted by Crippen LogP contribution is 2.31. The topological polar surface area (TPSA) is 81.2 Å². The summed E-state index contributed by atoms with van der Waals surface area (Å²) in [5.74, 6) is 1.49. The first-order valence-electron chi connectivity index (χ1n) is 12.7. The number of allylic oxidation sites excluding steroid dienone is 1. The number of hydrogen-bond acceptors (Lipinski definition) is 8. The molecule has 2 aliphatic heterocycles. The molecule has 1 unspecified atom stereocenters. The highest BCUT2D eigenvalue weighted by atomic mass is 35.5. The van der Waals surface area contributed by atoms with Gasteiger partial charge in [-0.25, -0.2) is 4.99 Å². The Morgan fingerprint density at radius 1 is 1.03 bits per heavy atom. The van der Waals surface area contributed by atoms with E-state index >= 15 is 0 Å². The summed E-state index contributed by atoms with van der Waals surface area (Å²) in [6, 6.07) is 14.3. The third-order valence-corrected chi connectivity index (χ3v) is 5.89. The van der Waals surface area contributed by atoms with Crippen molar-refractivity contribution in [1.29, 1.82) is 0 Å². The molecule has 3 N–H and O–H groups in total. The SMILES string of the molecule is C=O.CC.CC.COc1cc(N2CCN(C)CC2)ccc1NC1N=CC(Cl)=C(Nc2ccccc2C)N1. The number of nitrogens with one attached hydrogen (secondary N) is 3. The Morgan fingerprint density at radius 2 is 1.68 bits per heavy atom. The molecule has 0 aliphatic carbocycles. The highest BCUT2D eigenvalue weighted by Gasteiger charge is 2.19. The smallest absolute Gasteiger partial charge is 0.195 e. The van der Waals surface area contributed by atoms with E-state index in [0.29, 0.717) is 10.9 Å². The Labute approximate surface area is 227 Å². The molecule has 4 rings (SSSR count). The third kappa shape index (κ3) is 9.30. The summed E-state index contributed by atoms with van der Waals surface area (Å²) in [7, 11) is 3.85. The minimum absolute atomic E-state index is 0.377. The van der Waals surface area contributed by atoms with Crippen molar-refractivity contribution in [3.63, 3.8) is 0 Å². The number of anilines is 3. The number of aliphatic imine (C=N–C) groups is 1. The van der Waals surface area contributed by atoms with Crippen LogP contribution in [0.15, 0.2) is 58.3 Å². The molecule has 0 radical (unpaired) electrons. The first-order valence-corrected chi connectivity index (χ1v) is 13.1. The van der Waals surface area contributed by atoms with Crippen LogP contribution in [-0.2, 0) is 4.79 Å². The lowest BCUT2D eigenvalue weighted by atomic mass is 10.2. The predicted octanol–water partition coefficient (Wildman–Crippen LogP) is 5.51. The zero-order chi connectivity index (χ0) is 27.8. The molecular weight excluding hydrogens is 488 g/mol. The molecule has 0 spiro atoms. The Hall–Kier alpha value is -3.23. The normalized spacial score (nSPS) is 16.5. The fourth-order valence-corrected chi connectivity index (χ4v) is 3.83. The standard InChI is InChI=1S/C23H29ClN6O.2C2H6.CH2O/c1-16-6-4-5-7-19(16)26-22-18(24)15-25-23(28-22)27-20-9-8-17(14-21(20)31-3)30-12-10-29(2)11-13-30;3*1-2/h4-9,14-15,23,26-28H,10-13H2,1-3H3;2*1-2H3;1H2. The van der Waals surface area contributed by atoms with Crippen LogP contribution in [0.25, 0.3) is 0 Å². The van der Waals surface area contributed by atoms with Crippen LogP contribution in [0.3, 0.4) is 0 Å². The molecule has 0 bridgehead atoms. The second kappa shape index (κ2) is 17.3. The van der Waals surface area contributed by atoms with Crippen LogP contribution in [0.4, 0.5) is 17.1 Å². The summed E-state index contributed by atoms with van der Waals surface area (Å²) in [4.78, 5) is 17.2. The second-order valence-corrected chi connectivity index (χ2v) is 8.21. The number of carbonyl (C=O) groups is 1. The maximum Gasteiger partial charge on any atom is 0.195 e. The maximum absolute atomic E-state index is 8.00. The molecular formula is C28H43ClN6O2. The number of aryl methyl sites for hydroxylation is 1. The Bertz CT molecular complexity index is 1010. The zero-order valence-corrected chi connectivity index (χ0v) is 24.0. The summed E-state index contributed by atoms with van der Waals surface area (Å²) in [5, 5.41) is 10.6. The van der Waals surface area contributed by atoms with Gasteiger partial charge in [0.1, 0.15) is 18.4 Å². The van der Waals surface area contributed by atoms with Crippen molar-refractivity contribution in [2.45, 2.75) is 40.9 Å². The van der Waals surface area contributed by atoms with E-state index in [0.717, 1.165) is 48.9 Å². The average Bonchev–Trinajstić information content (AvgIpc) is 2.96. The van der Waals surface area contributed by atoms with Gasteiger partial charge < -0.3 is 35.3 Å². The number of carbonyl (C=O) groups excluding carboxylic acids is 1. The van der Waals surface area contributed by atoms with Crippen LogP contribution < -0.4 is 25.6 Å². The molecule has 0 saturated carbocycles. The third-order valence-electron chi connectivity index (χ3n) is 5.61. The van der Waals surface area contributed by atoms with Gasteiger partial charge in [0, 0.05) is 49.8 Å². The first kappa shape index (κ1) is 31.8. The molecule has 1 atom stereocenters. The summed E-state index contributed by atoms with van der Waals surface area (Å²) < 4.78 is 5.67. The van der Waals surface area contributed by atoms with E-state index in [2.05, 4.69) is 62.9 Å². The highest BCUT2D eigenvalue weighted by molar-refractivity contribution is 6.40. The number of piperazine rings is 1. The van der Waals surface area contributed by atoms with E-state index in [1.165, 1.54) is 5.69 Å². The molecule has 0 amide bonds. The second-order valence-electron chi connectivity index (χ2n) is 7.81. The summed E-state index contributed by atoms with van der Waals surface area (Å²) in [5.41, 5.74) is 4.16. The summed E-state index contributed by atoms with van der Waals surface area (Å²) >= 11 is 6.37. The van der Waals surface area contributed by atoms with Crippen molar-refractivity contribution in [2.24, 2.45) is 4.99 Å². The number of benzene rings is 2.